The van der Waals surface area contributed by atoms with Gasteiger partial charge in [0.15, 0.2) is 29.2 Å². The molecule has 0 radical (unpaired) electrons. The van der Waals surface area contributed by atoms with E-state index in [1.165, 1.54) is 0 Å². The molecule has 0 saturated heterocycles. The molecule has 0 N–H and O–H groups in total. The van der Waals surface area contributed by atoms with Gasteiger partial charge in [-0.2, -0.15) is 4.57 Å². The molecule has 4 rings (SSSR count). The minimum absolute atomic E-state index is 0.584. The van der Waals surface area contributed by atoms with Crippen LogP contribution in [0.3, 0.4) is 0 Å². The van der Waals surface area contributed by atoms with Gasteiger partial charge in [-0.1, -0.05) is 6.07 Å². The monoisotopic (exact) mass is 489 g/mol. The number of aryl methyl sites for hydroxylation is 1. The van der Waals surface area contributed by atoms with Crippen LogP contribution in [-0.2, 0) is 21.6 Å². The van der Waals surface area contributed by atoms with Crippen molar-refractivity contribution in [1.82, 2.24) is 0 Å². The largest absolute Gasteiger partial charge is 0.726 e. The molecule has 10 heteroatoms. The Morgan fingerprint density at radius 3 is 1.88 bits per heavy atom. The molecule has 0 spiro atoms. The van der Waals surface area contributed by atoms with Crippen LogP contribution in [0.4, 0.5) is 0 Å². The van der Waals surface area contributed by atoms with Crippen LogP contribution >= 0.6 is 0 Å². The Labute approximate surface area is 198 Å². The Bertz CT molecular complexity index is 1450. The molecule has 1 aromatic heterocycles. The first-order valence-electron chi connectivity index (χ1n) is 10.3. The molecule has 0 saturated carbocycles. The summed E-state index contributed by atoms with van der Waals surface area (Å²) in [6, 6.07) is 12.4. The van der Waals surface area contributed by atoms with Gasteiger partial charge in [0.25, 0.3) is 0 Å². The molecule has 9 nitrogen and oxygen atoms in total. The van der Waals surface area contributed by atoms with Crippen molar-refractivity contribution in [2.24, 2.45) is 7.05 Å². The molecule has 0 amide bonds. The smallest absolute Gasteiger partial charge is 0.220 e. The van der Waals surface area contributed by atoms with Crippen LogP contribution in [0.25, 0.3) is 32.4 Å². The van der Waals surface area contributed by atoms with Crippen molar-refractivity contribution in [3.8, 4) is 23.0 Å². The molecule has 3 aromatic carbocycles. The van der Waals surface area contributed by atoms with Gasteiger partial charge in [-0.05, 0) is 42.6 Å². The molecule has 0 aliphatic rings. The second kappa shape index (κ2) is 10.3. The summed E-state index contributed by atoms with van der Waals surface area (Å²) >= 11 is 0. The zero-order chi connectivity index (χ0) is 25.0. The van der Waals surface area contributed by atoms with Crippen molar-refractivity contribution in [3.63, 3.8) is 0 Å². The minimum Gasteiger partial charge on any atom is -0.726 e. The van der Waals surface area contributed by atoms with E-state index in [1.54, 1.807) is 21.3 Å². The van der Waals surface area contributed by atoms with Gasteiger partial charge < -0.3 is 23.5 Å². The van der Waals surface area contributed by atoms with Crippen LogP contribution < -0.4 is 23.5 Å². The van der Waals surface area contributed by atoms with E-state index in [-0.39, 0.29) is 0 Å². The van der Waals surface area contributed by atoms with Crippen LogP contribution in [0.2, 0.25) is 0 Å². The van der Waals surface area contributed by atoms with Crippen LogP contribution in [0, 0.1) is 0 Å². The molecule has 34 heavy (non-hydrogen) atoms. The highest BCUT2D eigenvalue weighted by atomic mass is 32.3. The zero-order valence-corrected chi connectivity index (χ0v) is 20.7. The predicted molar refractivity (Wildman–Crippen MR) is 128 cm³/mol. The maximum absolute atomic E-state index is 9.22. The first-order valence-corrected chi connectivity index (χ1v) is 11.6. The zero-order valence-electron chi connectivity index (χ0n) is 19.9. The molecule has 0 unspecified atom stereocenters. The number of aromatic nitrogens is 1. The van der Waals surface area contributed by atoms with Crippen LogP contribution in [0.5, 0.6) is 23.0 Å². The van der Waals surface area contributed by atoms with Crippen LogP contribution in [0.1, 0.15) is 6.92 Å². The summed E-state index contributed by atoms with van der Waals surface area (Å²) in [6.07, 6.45) is 2.12. The van der Waals surface area contributed by atoms with E-state index in [1.807, 2.05) is 25.1 Å². The summed E-state index contributed by atoms with van der Waals surface area (Å²) in [5.41, 5.74) is 1.12. The predicted octanol–water partition coefficient (Wildman–Crippen LogP) is 3.49. The fourth-order valence-electron chi connectivity index (χ4n) is 3.85. The lowest BCUT2D eigenvalue weighted by molar-refractivity contribution is -0.642. The third-order valence-electron chi connectivity index (χ3n) is 5.31. The van der Waals surface area contributed by atoms with Crippen LogP contribution in [-0.4, -0.2) is 48.0 Å². The number of fused-ring (bicyclic) bond motifs is 5. The highest BCUT2D eigenvalue weighted by Gasteiger charge is 2.19. The maximum atomic E-state index is 9.22. The normalized spacial score (nSPS) is 11.3. The third kappa shape index (κ3) is 5.09. The average molecular weight is 490 g/mol. The van der Waals surface area contributed by atoms with Crippen molar-refractivity contribution in [1.29, 1.82) is 0 Å². The van der Waals surface area contributed by atoms with Gasteiger partial charge in [0.2, 0.25) is 15.9 Å². The standard InChI is InChI=1S/C23H24NO4.CH4O4S/c1-6-28-22-11-17-15(10-20(22)26-4)13-24(2)23-16(17)8-7-14-9-19(25-3)21(27-5)12-18(14)23;1-5-6(2,3)4/h7-13H,6H2,1-5H3;1H3,(H,2,3,4)/q+1;/p-1. The van der Waals surface area contributed by atoms with Gasteiger partial charge in [0, 0.05) is 5.39 Å². The molecule has 0 fully saturated rings. The van der Waals surface area contributed by atoms with E-state index in [4.69, 9.17) is 18.9 Å². The summed E-state index contributed by atoms with van der Waals surface area (Å²) in [4.78, 5) is 0. The van der Waals surface area contributed by atoms with E-state index in [9.17, 15) is 13.0 Å². The van der Waals surface area contributed by atoms with Gasteiger partial charge >= 0.3 is 0 Å². The second-order valence-corrected chi connectivity index (χ2v) is 8.38. The van der Waals surface area contributed by atoms with Gasteiger partial charge in [-0.15, -0.1) is 0 Å². The Kier molecular flexibility index (Phi) is 7.65. The third-order valence-corrected chi connectivity index (χ3v) is 5.72. The lowest BCUT2D eigenvalue weighted by atomic mass is 10.00. The molecule has 4 aromatic rings. The highest BCUT2D eigenvalue weighted by molar-refractivity contribution is 7.80. The van der Waals surface area contributed by atoms with E-state index in [2.05, 4.69) is 40.2 Å². The van der Waals surface area contributed by atoms with Crippen LogP contribution in [0.15, 0.2) is 42.6 Å². The quantitative estimate of drug-likeness (QED) is 0.175. The number of hydrogen-bond donors (Lipinski definition) is 0. The molecule has 0 aliphatic heterocycles. The van der Waals surface area contributed by atoms with Gasteiger partial charge in [0.05, 0.1) is 51.2 Å². The number of benzene rings is 3. The number of methoxy groups -OCH3 is 3. The molecular weight excluding hydrogens is 462 g/mol. The van der Waals surface area contributed by atoms with E-state index >= 15 is 0 Å². The number of ether oxygens (including phenoxy) is 4. The molecular formula is C24H27NO8S. The van der Waals surface area contributed by atoms with Gasteiger partial charge in [-0.3, -0.25) is 4.18 Å². The molecule has 0 aliphatic carbocycles. The van der Waals surface area contributed by atoms with E-state index in [0.717, 1.165) is 56.8 Å². The number of nitrogens with zero attached hydrogens (tertiary/aromatic N) is 1. The maximum Gasteiger partial charge on any atom is 0.220 e. The molecule has 0 atom stereocenters. The number of hydrogen-bond acceptors (Lipinski definition) is 8. The summed E-state index contributed by atoms with van der Waals surface area (Å²) < 4.78 is 55.5. The Balaban J connectivity index is 0.000000481. The van der Waals surface area contributed by atoms with E-state index < -0.39 is 10.4 Å². The van der Waals surface area contributed by atoms with Crippen molar-refractivity contribution in [2.45, 2.75) is 6.92 Å². The van der Waals surface area contributed by atoms with E-state index in [0.29, 0.717) is 12.4 Å². The molecule has 1 heterocycles. The average Bonchev–Trinajstić information content (AvgIpc) is 2.82. The Morgan fingerprint density at radius 2 is 1.32 bits per heavy atom. The first-order chi connectivity index (χ1) is 16.2. The number of rotatable bonds is 6. The lowest BCUT2D eigenvalue weighted by Crippen LogP contribution is -2.28. The highest BCUT2D eigenvalue weighted by Crippen LogP contribution is 2.39. The first kappa shape index (κ1) is 25.3. The van der Waals surface area contributed by atoms with Gasteiger partial charge in [0.1, 0.15) is 7.05 Å². The number of pyridine rings is 1. The Hall–Kier alpha value is -3.34. The topological polar surface area (TPSA) is 107 Å². The molecule has 182 valence electrons. The fourth-order valence-corrected chi connectivity index (χ4v) is 3.85. The second-order valence-electron chi connectivity index (χ2n) is 7.23. The summed E-state index contributed by atoms with van der Waals surface area (Å²) in [5.74, 6) is 2.93. The fraction of sp³-hybridized carbons (Fsp3) is 0.292. The van der Waals surface area contributed by atoms with Gasteiger partial charge in [-0.25, -0.2) is 8.42 Å². The lowest BCUT2D eigenvalue weighted by Gasteiger charge is -2.13. The summed E-state index contributed by atoms with van der Waals surface area (Å²) in [7, 11) is 3.43. The van der Waals surface area contributed by atoms with Crippen molar-refractivity contribution in [2.75, 3.05) is 35.0 Å². The minimum atomic E-state index is -4.41. The van der Waals surface area contributed by atoms with Crippen molar-refractivity contribution in [3.05, 3.63) is 42.6 Å². The summed E-state index contributed by atoms with van der Waals surface area (Å²) in [6.45, 7) is 2.56. The summed E-state index contributed by atoms with van der Waals surface area (Å²) in [5, 5.41) is 5.56. The Morgan fingerprint density at radius 1 is 0.794 bits per heavy atom. The SMILES string of the molecule is CCOc1cc2c(cc1OC)c[n+](C)c1c3cc(OC)c(OC)cc3ccc21.COS(=O)(=O)[O-]. The van der Waals surface area contributed by atoms with Crippen molar-refractivity contribution < 1.29 is 40.7 Å². The molecule has 0 bridgehead atoms. The van der Waals surface area contributed by atoms with Crippen molar-refractivity contribution >= 4 is 42.8 Å².